The van der Waals surface area contributed by atoms with E-state index < -0.39 is 30.6 Å². The molecule has 0 spiro atoms. The number of carbonyl (C=O) groups excluding carboxylic acids is 2. The maximum atomic E-state index is 12.7. The molecule has 1 aliphatic rings. The normalized spacial score (nSPS) is 14.1. The molecule has 2 aromatic carbocycles. The highest BCUT2D eigenvalue weighted by Crippen LogP contribution is 2.44. The van der Waals surface area contributed by atoms with Gasteiger partial charge >= 0.3 is 12.1 Å². The van der Waals surface area contributed by atoms with E-state index in [-0.39, 0.29) is 37.5 Å². The Kier molecular flexibility index (Phi) is 8.65. The molecular formula is C26H32N2O6. The summed E-state index contributed by atoms with van der Waals surface area (Å²) in [5, 5.41) is 14.1. The van der Waals surface area contributed by atoms with Crippen LogP contribution in [0.4, 0.5) is 4.79 Å². The number of carboxylic acid groups (broad SMARTS) is 1. The first-order valence-corrected chi connectivity index (χ1v) is 11.5. The Morgan fingerprint density at radius 1 is 0.971 bits per heavy atom. The quantitative estimate of drug-likeness (QED) is 0.436. The first kappa shape index (κ1) is 25.2. The average molecular weight is 469 g/mol. The molecule has 1 aliphatic carbocycles. The molecule has 0 saturated heterocycles. The fraction of sp³-hybridized carbons (Fsp3) is 0.423. The minimum Gasteiger partial charge on any atom is -0.480 e. The number of fused-ring (bicyclic) bond motifs is 3. The number of ether oxygens (including phenoxy) is 2. The summed E-state index contributed by atoms with van der Waals surface area (Å²) in [6, 6.07) is 15.8. The lowest BCUT2D eigenvalue weighted by Gasteiger charge is -2.27. The Labute approximate surface area is 199 Å². The zero-order valence-corrected chi connectivity index (χ0v) is 19.7. The van der Waals surface area contributed by atoms with Gasteiger partial charge in [-0.25, -0.2) is 9.59 Å². The van der Waals surface area contributed by atoms with E-state index in [0.717, 1.165) is 22.3 Å². The van der Waals surface area contributed by atoms with Crippen molar-refractivity contribution in [1.29, 1.82) is 0 Å². The van der Waals surface area contributed by atoms with E-state index in [2.05, 4.69) is 34.9 Å². The molecule has 0 aromatic heterocycles. The molecule has 0 saturated carbocycles. The molecule has 2 amide bonds. The van der Waals surface area contributed by atoms with Crippen molar-refractivity contribution in [3.05, 3.63) is 59.7 Å². The van der Waals surface area contributed by atoms with E-state index in [1.165, 1.54) is 0 Å². The molecule has 3 rings (SSSR count). The number of hydrogen-bond donors (Lipinski definition) is 3. The zero-order valence-electron chi connectivity index (χ0n) is 19.7. The Morgan fingerprint density at radius 2 is 1.56 bits per heavy atom. The van der Waals surface area contributed by atoms with Gasteiger partial charge in [-0.2, -0.15) is 0 Å². The van der Waals surface area contributed by atoms with Crippen LogP contribution >= 0.6 is 0 Å². The average Bonchev–Trinajstić information content (AvgIpc) is 3.11. The van der Waals surface area contributed by atoms with E-state index in [1.54, 1.807) is 6.92 Å². The third-order valence-electron chi connectivity index (χ3n) is 6.02. The van der Waals surface area contributed by atoms with Crippen molar-refractivity contribution in [2.75, 3.05) is 26.4 Å². The van der Waals surface area contributed by atoms with Gasteiger partial charge in [0.25, 0.3) is 0 Å². The lowest BCUT2D eigenvalue weighted by molar-refractivity contribution is -0.142. The molecule has 2 aromatic rings. The van der Waals surface area contributed by atoms with E-state index in [0.29, 0.717) is 0 Å². The largest absolute Gasteiger partial charge is 0.480 e. The second kappa shape index (κ2) is 11.7. The van der Waals surface area contributed by atoms with Crippen LogP contribution in [-0.4, -0.2) is 55.5 Å². The molecule has 8 nitrogen and oxygen atoms in total. The van der Waals surface area contributed by atoms with Gasteiger partial charge in [-0.3, -0.25) is 4.79 Å². The number of hydrogen-bond acceptors (Lipinski definition) is 5. The third kappa shape index (κ3) is 6.14. The fourth-order valence-corrected chi connectivity index (χ4v) is 4.55. The summed E-state index contributed by atoms with van der Waals surface area (Å²) in [5.74, 6) is -1.86. The summed E-state index contributed by atoms with van der Waals surface area (Å²) in [6.07, 6.45) is -0.572. The maximum absolute atomic E-state index is 12.7. The van der Waals surface area contributed by atoms with Crippen molar-refractivity contribution in [1.82, 2.24) is 10.6 Å². The topological polar surface area (TPSA) is 114 Å². The van der Waals surface area contributed by atoms with Crippen molar-refractivity contribution in [2.45, 2.75) is 32.7 Å². The van der Waals surface area contributed by atoms with E-state index in [4.69, 9.17) is 14.6 Å². The monoisotopic (exact) mass is 468 g/mol. The van der Waals surface area contributed by atoms with Crippen LogP contribution in [0.15, 0.2) is 48.5 Å². The van der Waals surface area contributed by atoms with Gasteiger partial charge in [0.15, 0.2) is 0 Å². The number of carbonyl (C=O) groups is 3. The molecular weight excluding hydrogens is 436 g/mol. The van der Waals surface area contributed by atoms with Gasteiger partial charge in [0.2, 0.25) is 5.91 Å². The Bertz CT molecular complexity index is 976. The number of benzene rings is 2. The zero-order chi connectivity index (χ0) is 24.7. The minimum absolute atomic E-state index is 0.0381. The predicted molar refractivity (Wildman–Crippen MR) is 127 cm³/mol. The second-order valence-corrected chi connectivity index (χ2v) is 8.77. The molecule has 34 heavy (non-hydrogen) atoms. The lowest BCUT2D eigenvalue weighted by atomic mass is 9.88. The number of rotatable bonds is 11. The van der Waals surface area contributed by atoms with Crippen molar-refractivity contribution in [2.24, 2.45) is 11.8 Å². The van der Waals surface area contributed by atoms with Crippen molar-refractivity contribution >= 4 is 18.0 Å². The molecule has 3 N–H and O–H groups in total. The third-order valence-corrected chi connectivity index (χ3v) is 6.02. The van der Waals surface area contributed by atoms with Crippen LogP contribution < -0.4 is 10.6 Å². The van der Waals surface area contributed by atoms with Gasteiger partial charge in [-0.15, -0.1) is 0 Å². The lowest BCUT2D eigenvalue weighted by Crippen LogP contribution is -2.48. The molecule has 8 heteroatoms. The van der Waals surface area contributed by atoms with Crippen LogP contribution in [0.3, 0.4) is 0 Å². The number of aliphatic carboxylic acids is 1. The Balaban J connectivity index is 1.54. The smallest absolute Gasteiger partial charge is 0.407 e. The highest BCUT2D eigenvalue weighted by atomic mass is 16.5. The Hall–Kier alpha value is -3.39. The molecule has 182 valence electrons. The fourth-order valence-electron chi connectivity index (χ4n) is 4.55. The summed E-state index contributed by atoms with van der Waals surface area (Å²) in [4.78, 5) is 35.8. The van der Waals surface area contributed by atoms with Crippen LogP contribution in [0.1, 0.15) is 37.8 Å². The van der Waals surface area contributed by atoms with Gasteiger partial charge in [0, 0.05) is 18.5 Å². The number of alkyl carbamates (subject to hydrolysis) is 1. The molecule has 0 bridgehead atoms. The summed E-state index contributed by atoms with van der Waals surface area (Å²) in [6.45, 7) is 5.65. The molecule has 0 heterocycles. The highest BCUT2D eigenvalue weighted by Gasteiger charge is 2.31. The minimum atomic E-state index is -1.06. The van der Waals surface area contributed by atoms with Gasteiger partial charge in [0.05, 0.1) is 12.5 Å². The van der Waals surface area contributed by atoms with Crippen LogP contribution in [0.2, 0.25) is 0 Å². The van der Waals surface area contributed by atoms with Gasteiger partial charge in [-0.05, 0) is 35.1 Å². The molecule has 0 radical (unpaired) electrons. The van der Waals surface area contributed by atoms with Crippen molar-refractivity contribution in [3.8, 4) is 11.1 Å². The molecule has 0 fully saturated rings. The molecule has 2 atom stereocenters. The van der Waals surface area contributed by atoms with Crippen LogP contribution in [0.5, 0.6) is 0 Å². The first-order chi connectivity index (χ1) is 16.3. The van der Waals surface area contributed by atoms with E-state index in [1.807, 2.05) is 38.1 Å². The summed E-state index contributed by atoms with van der Waals surface area (Å²) in [7, 11) is 0. The van der Waals surface area contributed by atoms with Crippen molar-refractivity contribution < 1.29 is 29.0 Å². The number of nitrogens with one attached hydrogen (secondary N) is 2. The van der Waals surface area contributed by atoms with E-state index in [9.17, 15) is 14.4 Å². The van der Waals surface area contributed by atoms with Crippen LogP contribution in [-0.2, 0) is 19.1 Å². The summed E-state index contributed by atoms with van der Waals surface area (Å²) < 4.78 is 10.5. The maximum Gasteiger partial charge on any atom is 0.407 e. The highest BCUT2D eigenvalue weighted by molar-refractivity contribution is 5.81. The first-order valence-electron chi connectivity index (χ1n) is 11.5. The van der Waals surface area contributed by atoms with Gasteiger partial charge in [-0.1, -0.05) is 62.4 Å². The number of amides is 2. The van der Waals surface area contributed by atoms with Crippen LogP contribution in [0, 0.1) is 11.8 Å². The van der Waals surface area contributed by atoms with Crippen molar-refractivity contribution in [3.63, 3.8) is 0 Å². The standard InChI is InChI=1S/C26H32N2O6/c1-16(2)24(25(31)27-12-13-33-15-23(29)30)17(3)28-26(32)34-14-22-20-10-6-4-8-18(20)19-9-5-7-11-21(19)22/h4-11,16-17,22,24H,12-15H2,1-3H3,(H,27,31)(H,28,32)(H,29,30). The van der Waals surface area contributed by atoms with Gasteiger partial charge < -0.3 is 25.2 Å². The second-order valence-electron chi connectivity index (χ2n) is 8.77. The SMILES string of the molecule is CC(C)C(C(=O)NCCOCC(=O)O)C(C)NC(=O)OCC1c2ccccc2-c2ccccc21. The predicted octanol–water partition coefficient (Wildman–Crippen LogP) is 3.40. The van der Waals surface area contributed by atoms with Crippen LogP contribution in [0.25, 0.3) is 11.1 Å². The summed E-state index contributed by atoms with van der Waals surface area (Å²) >= 11 is 0. The van der Waals surface area contributed by atoms with E-state index >= 15 is 0 Å². The summed E-state index contributed by atoms with van der Waals surface area (Å²) in [5.41, 5.74) is 4.58. The molecule has 2 unspecified atom stereocenters. The van der Waals surface area contributed by atoms with Gasteiger partial charge in [0.1, 0.15) is 13.2 Å². The number of carboxylic acids is 1. The Morgan fingerprint density at radius 3 is 2.12 bits per heavy atom. The molecule has 0 aliphatic heterocycles.